The molecule has 0 aromatic carbocycles. The summed E-state index contributed by atoms with van der Waals surface area (Å²) in [6, 6.07) is 0. The second-order valence-electron chi connectivity index (χ2n) is 6.05. The average molecular weight is 278 g/mol. The molecule has 0 saturated carbocycles. The third-order valence-electron chi connectivity index (χ3n) is 4.09. The third kappa shape index (κ3) is 9.36. The number of unbranched alkanes of at least 4 members (excludes halogenated alkanes) is 8. The monoisotopic (exact) mass is 278 g/mol. The van der Waals surface area contributed by atoms with E-state index in [0.29, 0.717) is 12.2 Å². The molecule has 0 amide bonds. The van der Waals surface area contributed by atoms with Crippen LogP contribution in [0.2, 0.25) is 0 Å². The van der Waals surface area contributed by atoms with Crippen molar-refractivity contribution in [2.24, 2.45) is 0 Å². The van der Waals surface area contributed by atoms with Gasteiger partial charge in [-0.3, -0.25) is 0 Å². The van der Waals surface area contributed by atoms with Gasteiger partial charge in [-0.1, -0.05) is 63.7 Å². The molecule has 1 saturated heterocycles. The molecular weight excluding hydrogens is 244 g/mol. The summed E-state index contributed by atoms with van der Waals surface area (Å²) in [6.07, 6.45) is 23.5. The van der Waals surface area contributed by atoms with Crippen molar-refractivity contribution in [3.8, 4) is 0 Å². The van der Waals surface area contributed by atoms with E-state index in [0.717, 1.165) is 12.8 Å². The lowest BCUT2D eigenvalue weighted by Gasteiger charge is -1.98. The summed E-state index contributed by atoms with van der Waals surface area (Å²) >= 11 is 0. The first kappa shape index (κ1) is 17.5. The van der Waals surface area contributed by atoms with Crippen LogP contribution in [0.5, 0.6) is 0 Å². The molecule has 0 aromatic heterocycles. The van der Waals surface area contributed by atoms with E-state index in [4.69, 9.17) is 4.74 Å². The van der Waals surface area contributed by atoms with Gasteiger partial charge in [0.25, 0.3) is 0 Å². The molecule has 0 aliphatic carbocycles. The molecular formula is C19H34O. The normalized spacial score (nSPS) is 21.4. The maximum Gasteiger partial charge on any atom is 0.0876 e. The van der Waals surface area contributed by atoms with Crippen LogP contribution in [0.15, 0.2) is 24.8 Å². The fourth-order valence-corrected chi connectivity index (χ4v) is 2.67. The van der Waals surface area contributed by atoms with Crippen LogP contribution in [0.25, 0.3) is 0 Å². The molecule has 0 N–H and O–H groups in total. The lowest BCUT2D eigenvalue weighted by Crippen LogP contribution is -1.92. The lowest BCUT2D eigenvalue weighted by atomic mass is 10.1. The highest BCUT2D eigenvalue weighted by Crippen LogP contribution is 2.30. The minimum absolute atomic E-state index is 0.519. The van der Waals surface area contributed by atoms with Crippen LogP contribution in [0, 0.1) is 0 Å². The van der Waals surface area contributed by atoms with E-state index in [1.165, 1.54) is 64.2 Å². The van der Waals surface area contributed by atoms with Crippen LogP contribution < -0.4 is 0 Å². The molecule has 1 rings (SSSR count). The van der Waals surface area contributed by atoms with Gasteiger partial charge < -0.3 is 4.74 Å². The SMILES string of the molecule is C=CCCCC1OC1CC=CCCCCCCCCC. The Morgan fingerprint density at radius 2 is 1.60 bits per heavy atom. The van der Waals surface area contributed by atoms with E-state index >= 15 is 0 Å². The number of hydrogen-bond acceptors (Lipinski definition) is 1. The van der Waals surface area contributed by atoms with E-state index in [2.05, 4.69) is 25.7 Å². The maximum absolute atomic E-state index is 5.66. The van der Waals surface area contributed by atoms with Crippen molar-refractivity contribution in [2.75, 3.05) is 0 Å². The zero-order valence-electron chi connectivity index (χ0n) is 13.5. The molecule has 1 fully saturated rings. The van der Waals surface area contributed by atoms with Crippen LogP contribution in [0.3, 0.4) is 0 Å². The predicted octanol–water partition coefficient (Wildman–Crippen LogP) is 6.20. The molecule has 1 heterocycles. The Labute approximate surface area is 126 Å². The average Bonchev–Trinajstić information content (AvgIpc) is 3.20. The van der Waals surface area contributed by atoms with Gasteiger partial charge in [0.05, 0.1) is 12.2 Å². The summed E-state index contributed by atoms with van der Waals surface area (Å²) in [5.74, 6) is 0. The molecule has 116 valence electrons. The van der Waals surface area contributed by atoms with Crippen molar-refractivity contribution < 1.29 is 4.74 Å². The fraction of sp³-hybridized carbons (Fsp3) is 0.789. The van der Waals surface area contributed by atoms with Crippen molar-refractivity contribution in [2.45, 2.75) is 96.2 Å². The van der Waals surface area contributed by atoms with E-state index in [-0.39, 0.29) is 0 Å². The van der Waals surface area contributed by atoms with Gasteiger partial charge >= 0.3 is 0 Å². The predicted molar refractivity (Wildman–Crippen MR) is 89.1 cm³/mol. The molecule has 1 nitrogen and oxygen atoms in total. The first-order valence-corrected chi connectivity index (χ1v) is 8.79. The lowest BCUT2D eigenvalue weighted by molar-refractivity contribution is 0.361. The number of rotatable bonds is 14. The highest BCUT2D eigenvalue weighted by Gasteiger charge is 2.36. The topological polar surface area (TPSA) is 12.5 Å². The number of epoxide rings is 1. The van der Waals surface area contributed by atoms with Crippen LogP contribution in [-0.2, 0) is 4.74 Å². The number of ether oxygens (including phenoxy) is 1. The van der Waals surface area contributed by atoms with Crippen LogP contribution >= 0.6 is 0 Å². The molecule has 1 heteroatoms. The summed E-state index contributed by atoms with van der Waals surface area (Å²) in [5, 5.41) is 0. The third-order valence-corrected chi connectivity index (χ3v) is 4.09. The van der Waals surface area contributed by atoms with Crippen molar-refractivity contribution >= 4 is 0 Å². The summed E-state index contributed by atoms with van der Waals surface area (Å²) in [7, 11) is 0. The Morgan fingerprint density at radius 3 is 2.35 bits per heavy atom. The van der Waals surface area contributed by atoms with Crippen molar-refractivity contribution in [3.05, 3.63) is 24.8 Å². The summed E-state index contributed by atoms with van der Waals surface area (Å²) in [6.45, 7) is 6.03. The number of hydrogen-bond donors (Lipinski definition) is 0. The maximum atomic E-state index is 5.66. The number of allylic oxidation sites excluding steroid dienone is 2. The van der Waals surface area contributed by atoms with Crippen molar-refractivity contribution in [1.29, 1.82) is 0 Å². The van der Waals surface area contributed by atoms with Gasteiger partial charge in [-0.05, 0) is 38.5 Å². The Morgan fingerprint density at radius 1 is 0.850 bits per heavy atom. The van der Waals surface area contributed by atoms with Crippen molar-refractivity contribution in [1.82, 2.24) is 0 Å². The van der Waals surface area contributed by atoms with Gasteiger partial charge in [-0.15, -0.1) is 6.58 Å². The van der Waals surface area contributed by atoms with Crippen LogP contribution in [0.4, 0.5) is 0 Å². The zero-order valence-corrected chi connectivity index (χ0v) is 13.5. The van der Waals surface area contributed by atoms with E-state index in [1.54, 1.807) is 0 Å². The summed E-state index contributed by atoms with van der Waals surface area (Å²) in [5.41, 5.74) is 0. The van der Waals surface area contributed by atoms with Crippen LogP contribution in [-0.4, -0.2) is 12.2 Å². The molecule has 2 atom stereocenters. The van der Waals surface area contributed by atoms with Gasteiger partial charge in [-0.25, -0.2) is 0 Å². The smallest absolute Gasteiger partial charge is 0.0876 e. The second kappa shape index (κ2) is 12.2. The van der Waals surface area contributed by atoms with Gasteiger partial charge in [0.2, 0.25) is 0 Å². The quantitative estimate of drug-likeness (QED) is 0.209. The molecule has 0 spiro atoms. The molecule has 1 aliphatic rings. The highest BCUT2D eigenvalue weighted by molar-refractivity contribution is 4.93. The van der Waals surface area contributed by atoms with Gasteiger partial charge in [0, 0.05) is 0 Å². The molecule has 0 aromatic rings. The van der Waals surface area contributed by atoms with E-state index < -0.39 is 0 Å². The first-order chi connectivity index (χ1) is 9.88. The first-order valence-electron chi connectivity index (χ1n) is 8.79. The largest absolute Gasteiger partial charge is 0.369 e. The molecule has 1 aliphatic heterocycles. The summed E-state index contributed by atoms with van der Waals surface area (Å²) in [4.78, 5) is 0. The Bertz CT molecular complexity index is 256. The fourth-order valence-electron chi connectivity index (χ4n) is 2.67. The van der Waals surface area contributed by atoms with Gasteiger partial charge in [0.15, 0.2) is 0 Å². The molecule has 0 radical (unpaired) electrons. The second-order valence-corrected chi connectivity index (χ2v) is 6.05. The highest BCUT2D eigenvalue weighted by atomic mass is 16.6. The molecule has 2 unspecified atom stereocenters. The Kier molecular flexibility index (Phi) is 10.7. The minimum Gasteiger partial charge on any atom is -0.369 e. The van der Waals surface area contributed by atoms with Crippen molar-refractivity contribution in [3.63, 3.8) is 0 Å². The molecule has 20 heavy (non-hydrogen) atoms. The van der Waals surface area contributed by atoms with E-state index in [1.807, 2.05) is 6.08 Å². The van der Waals surface area contributed by atoms with E-state index in [9.17, 15) is 0 Å². The van der Waals surface area contributed by atoms with Gasteiger partial charge in [-0.2, -0.15) is 0 Å². The van der Waals surface area contributed by atoms with Crippen LogP contribution in [0.1, 0.15) is 84.0 Å². The minimum atomic E-state index is 0.519. The Hall–Kier alpha value is -0.560. The molecule has 0 bridgehead atoms. The standard InChI is InChI=1S/C19H34O/c1-3-5-7-8-9-10-11-12-13-15-17-19-18(20-19)16-14-6-4-2/h4,13,15,18-19H,2-3,5-12,14,16-17H2,1H3. The Balaban J connectivity index is 1.80. The zero-order chi connectivity index (χ0) is 14.5. The van der Waals surface area contributed by atoms with Gasteiger partial charge in [0.1, 0.15) is 0 Å². The summed E-state index contributed by atoms with van der Waals surface area (Å²) < 4.78 is 5.66.